The van der Waals surface area contributed by atoms with Gasteiger partial charge in [0, 0.05) is 22.3 Å². The lowest BCUT2D eigenvalue weighted by Gasteiger charge is -2.23. The van der Waals surface area contributed by atoms with Crippen LogP contribution in [0.4, 0.5) is 0 Å². The van der Waals surface area contributed by atoms with Crippen molar-refractivity contribution in [1.29, 1.82) is 0 Å². The SMILES string of the molecule is Cc1ccc(CN[C@@H](C)C2CCCCCC2)s1. The monoisotopic (exact) mass is 251 g/mol. The Labute approximate surface area is 110 Å². The summed E-state index contributed by atoms with van der Waals surface area (Å²) in [6.45, 7) is 5.61. The van der Waals surface area contributed by atoms with E-state index in [4.69, 9.17) is 0 Å². The third-order valence-corrected chi connectivity index (χ3v) is 5.00. The molecule has 1 N–H and O–H groups in total. The second kappa shape index (κ2) is 6.55. The Morgan fingerprint density at radius 1 is 1.24 bits per heavy atom. The molecule has 1 atom stereocenters. The summed E-state index contributed by atoms with van der Waals surface area (Å²) < 4.78 is 0. The first-order valence-corrected chi connectivity index (χ1v) is 7.86. The Hall–Kier alpha value is -0.340. The van der Waals surface area contributed by atoms with Crippen LogP contribution in [-0.4, -0.2) is 6.04 Å². The Morgan fingerprint density at radius 3 is 2.53 bits per heavy atom. The van der Waals surface area contributed by atoms with Crippen LogP contribution in [0.25, 0.3) is 0 Å². The number of nitrogens with one attached hydrogen (secondary N) is 1. The van der Waals surface area contributed by atoms with E-state index in [2.05, 4.69) is 31.3 Å². The Morgan fingerprint density at radius 2 is 1.94 bits per heavy atom. The summed E-state index contributed by atoms with van der Waals surface area (Å²) in [4.78, 5) is 2.90. The van der Waals surface area contributed by atoms with Crippen LogP contribution in [0.3, 0.4) is 0 Å². The largest absolute Gasteiger partial charge is 0.309 e. The van der Waals surface area contributed by atoms with Gasteiger partial charge in [-0.05, 0) is 44.7 Å². The van der Waals surface area contributed by atoms with Crippen LogP contribution in [0.1, 0.15) is 55.2 Å². The van der Waals surface area contributed by atoms with Crippen LogP contribution in [0.2, 0.25) is 0 Å². The predicted octanol–water partition coefficient (Wildman–Crippen LogP) is 4.51. The minimum absolute atomic E-state index is 0.676. The van der Waals surface area contributed by atoms with E-state index in [1.54, 1.807) is 0 Å². The van der Waals surface area contributed by atoms with Gasteiger partial charge in [-0.1, -0.05) is 25.7 Å². The maximum atomic E-state index is 3.72. The molecule has 2 heteroatoms. The number of thiophene rings is 1. The highest BCUT2D eigenvalue weighted by atomic mass is 32.1. The molecule has 1 heterocycles. The highest BCUT2D eigenvalue weighted by molar-refractivity contribution is 7.11. The van der Waals surface area contributed by atoms with E-state index >= 15 is 0 Å². The molecule has 0 spiro atoms. The summed E-state index contributed by atoms with van der Waals surface area (Å²) in [7, 11) is 0. The normalized spacial score (nSPS) is 20.1. The van der Waals surface area contributed by atoms with Gasteiger partial charge < -0.3 is 5.32 Å². The maximum absolute atomic E-state index is 3.72. The van der Waals surface area contributed by atoms with Crippen LogP contribution >= 0.6 is 11.3 Å². The summed E-state index contributed by atoms with van der Waals surface area (Å²) in [5.74, 6) is 0.901. The molecule has 0 aliphatic heterocycles. The fourth-order valence-electron chi connectivity index (χ4n) is 2.82. The Kier molecular flexibility index (Phi) is 5.05. The summed E-state index contributed by atoms with van der Waals surface area (Å²) in [6, 6.07) is 5.15. The molecule has 1 aliphatic rings. The molecule has 0 amide bonds. The lowest BCUT2D eigenvalue weighted by Crippen LogP contribution is -2.32. The van der Waals surface area contributed by atoms with Gasteiger partial charge in [-0.2, -0.15) is 0 Å². The zero-order chi connectivity index (χ0) is 12.1. The van der Waals surface area contributed by atoms with E-state index in [9.17, 15) is 0 Å². The maximum Gasteiger partial charge on any atom is 0.0302 e. The molecule has 1 saturated carbocycles. The van der Waals surface area contributed by atoms with Gasteiger partial charge in [-0.15, -0.1) is 11.3 Å². The lowest BCUT2D eigenvalue weighted by molar-refractivity contribution is 0.337. The Balaban J connectivity index is 1.77. The average molecular weight is 251 g/mol. The van der Waals surface area contributed by atoms with Gasteiger partial charge >= 0.3 is 0 Å². The van der Waals surface area contributed by atoms with Gasteiger partial charge in [-0.3, -0.25) is 0 Å². The molecule has 0 aromatic carbocycles. The molecular formula is C15H25NS. The molecule has 1 aliphatic carbocycles. The van der Waals surface area contributed by atoms with Crippen molar-refractivity contribution in [1.82, 2.24) is 5.32 Å². The number of aryl methyl sites for hydroxylation is 1. The molecule has 0 radical (unpaired) electrons. The second-order valence-electron chi connectivity index (χ2n) is 5.43. The highest BCUT2D eigenvalue weighted by Crippen LogP contribution is 2.25. The van der Waals surface area contributed by atoms with E-state index in [0.717, 1.165) is 12.5 Å². The van der Waals surface area contributed by atoms with Gasteiger partial charge in [0.1, 0.15) is 0 Å². The van der Waals surface area contributed by atoms with Crippen LogP contribution in [0.5, 0.6) is 0 Å². The van der Waals surface area contributed by atoms with Gasteiger partial charge in [0.05, 0.1) is 0 Å². The van der Waals surface area contributed by atoms with Crippen molar-refractivity contribution < 1.29 is 0 Å². The fourth-order valence-corrected chi connectivity index (χ4v) is 3.66. The van der Waals surface area contributed by atoms with Crippen molar-refractivity contribution in [3.05, 3.63) is 21.9 Å². The molecule has 0 bridgehead atoms. The first-order chi connectivity index (χ1) is 8.25. The first-order valence-electron chi connectivity index (χ1n) is 7.04. The molecule has 1 nitrogen and oxygen atoms in total. The summed E-state index contributed by atoms with van der Waals surface area (Å²) in [6.07, 6.45) is 8.64. The van der Waals surface area contributed by atoms with Crippen LogP contribution in [-0.2, 0) is 6.54 Å². The van der Waals surface area contributed by atoms with Crippen molar-refractivity contribution in [2.75, 3.05) is 0 Å². The molecule has 2 rings (SSSR count). The first kappa shape index (κ1) is 13.1. The van der Waals surface area contributed by atoms with Crippen LogP contribution < -0.4 is 5.32 Å². The predicted molar refractivity (Wildman–Crippen MR) is 76.5 cm³/mol. The quantitative estimate of drug-likeness (QED) is 0.777. The summed E-state index contributed by atoms with van der Waals surface area (Å²) >= 11 is 1.92. The Bertz CT molecular complexity index is 323. The standard InChI is InChI=1S/C15H25NS/c1-12-9-10-15(17-12)11-16-13(2)14-7-5-3-4-6-8-14/h9-10,13-14,16H,3-8,11H2,1-2H3/t13-/m0/s1. The van der Waals surface area contributed by atoms with Gasteiger partial charge in [-0.25, -0.2) is 0 Å². The second-order valence-corrected chi connectivity index (χ2v) is 6.81. The number of rotatable bonds is 4. The zero-order valence-corrected chi connectivity index (χ0v) is 12.0. The van der Waals surface area contributed by atoms with Crippen molar-refractivity contribution in [2.24, 2.45) is 5.92 Å². The molecule has 1 aromatic rings. The topological polar surface area (TPSA) is 12.0 Å². The molecular weight excluding hydrogens is 226 g/mol. The highest BCUT2D eigenvalue weighted by Gasteiger charge is 2.18. The minimum Gasteiger partial charge on any atom is -0.309 e. The molecule has 0 saturated heterocycles. The van der Waals surface area contributed by atoms with E-state index < -0.39 is 0 Å². The molecule has 1 fully saturated rings. The third-order valence-electron chi connectivity index (χ3n) is 4.00. The van der Waals surface area contributed by atoms with Gasteiger partial charge in [0.2, 0.25) is 0 Å². The molecule has 17 heavy (non-hydrogen) atoms. The van der Waals surface area contributed by atoms with Crippen molar-refractivity contribution in [3.8, 4) is 0 Å². The third kappa shape index (κ3) is 4.11. The van der Waals surface area contributed by atoms with Gasteiger partial charge in [0.15, 0.2) is 0 Å². The number of hydrogen-bond acceptors (Lipinski definition) is 2. The number of hydrogen-bond donors (Lipinski definition) is 1. The van der Waals surface area contributed by atoms with E-state index in [1.165, 1.54) is 48.3 Å². The van der Waals surface area contributed by atoms with E-state index in [1.807, 2.05) is 11.3 Å². The molecule has 96 valence electrons. The zero-order valence-electron chi connectivity index (χ0n) is 11.2. The molecule has 0 unspecified atom stereocenters. The summed E-state index contributed by atoms with van der Waals surface area (Å²) in [5, 5.41) is 3.72. The van der Waals surface area contributed by atoms with Crippen LogP contribution in [0.15, 0.2) is 12.1 Å². The van der Waals surface area contributed by atoms with Crippen LogP contribution in [0, 0.1) is 12.8 Å². The minimum atomic E-state index is 0.676. The lowest BCUT2D eigenvalue weighted by atomic mass is 9.93. The van der Waals surface area contributed by atoms with Crippen molar-refractivity contribution in [2.45, 2.75) is 65.0 Å². The fraction of sp³-hybridized carbons (Fsp3) is 0.733. The smallest absolute Gasteiger partial charge is 0.0302 e. The van der Waals surface area contributed by atoms with Crippen molar-refractivity contribution in [3.63, 3.8) is 0 Å². The van der Waals surface area contributed by atoms with Gasteiger partial charge in [0.25, 0.3) is 0 Å². The van der Waals surface area contributed by atoms with Crippen molar-refractivity contribution >= 4 is 11.3 Å². The summed E-state index contributed by atoms with van der Waals surface area (Å²) in [5.41, 5.74) is 0. The molecule has 1 aromatic heterocycles. The average Bonchev–Trinajstić information content (AvgIpc) is 2.58. The van der Waals surface area contributed by atoms with E-state index in [0.29, 0.717) is 6.04 Å². The van der Waals surface area contributed by atoms with E-state index in [-0.39, 0.29) is 0 Å².